The molecule has 0 atom stereocenters. The summed E-state index contributed by atoms with van der Waals surface area (Å²) in [5.41, 5.74) is 1.71. The molecule has 3 rings (SSSR count). The topological polar surface area (TPSA) is 27.1 Å². The highest BCUT2D eigenvalue weighted by atomic mass is 35.5. The Hall–Kier alpha value is -1.46. The summed E-state index contributed by atoms with van der Waals surface area (Å²) >= 11 is 6.15. The molecule has 3 nitrogen and oxygen atoms in total. The van der Waals surface area contributed by atoms with E-state index in [-0.39, 0.29) is 5.69 Å². The summed E-state index contributed by atoms with van der Waals surface area (Å²) in [6.45, 7) is 0.948. The minimum absolute atomic E-state index is 0.135. The SMILES string of the molecule is Fc1ccc(-n2nc3c(c2Cl)COCC3)c(F)c1. The average molecular weight is 271 g/mol. The van der Waals surface area contributed by atoms with E-state index in [0.29, 0.717) is 24.8 Å². The van der Waals surface area contributed by atoms with E-state index in [2.05, 4.69) is 5.10 Å². The number of halogens is 3. The number of rotatable bonds is 1. The van der Waals surface area contributed by atoms with Gasteiger partial charge in [-0.05, 0) is 12.1 Å². The Kier molecular flexibility index (Phi) is 2.80. The quantitative estimate of drug-likeness (QED) is 0.797. The van der Waals surface area contributed by atoms with Crippen molar-refractivity contribution >= 4 is 11.6 Å². The number of aromatic nitrogens is 2. The first-order chi connectivity index (χ1) is 8.66. The normalized spacial score (nSPS) is 14.6. The van der Waals surface area contributed by atoms with Crippen LogP contribution in [-0.2, 0) is 17.8 Å². The van der Waals surface area contributed by atoms with Gasteiger partial charge in [-0.15, -0.1) is 0 Å². The Balaban J connectivity index is 2.14. The lowest BCUT2D eigenvalue weighted by atomic mass is 10.2. The fourth-order valence-electron chi connectivity index (χ4n) is 1.97. The van der Waals surface area contributed by atoms with E-state index in [4.69, 9.17) is 16.3 Å². The molecule has 0 radical (unpaired) electrons. The van der Waals surface area contributed by atoms with E-state index < -0.39 is 11.6 Å². The molecule has 2 aromatic rings. The van der Waals surface area contributed by atoms with Crippen molar-refractivity contribution in [2.75, 3.05) is 6.61 Å². The van der Waals surface area contributed by atoms with Crippen LogP contribution in [0, 0.1) is 11.6 Å². The van der Waals surface area contributed by atoms with E-state index in [9.17, 15) is 8.78 Å². The fourth-order valence-corrected chi connectivity index (χ4v) is 2.26. The Bertz CT molecular complexity index is 612. The van der Waals surface area contributed by atoms with Gasteiger partial charge >= 0.3 is 0 Å². The number of fused-ring (bicyclic) bond motifs is 1. The van der Waals surface area contributed by atoms with Crippen molar-refractivity contribution in [3.63, 3.8) is 0 Å². The Morgan fingerprint density at radius 2 is 2.17 bits per heavy atom. The molecule has 18 heavy (non-hydrogen) atoms. The third-order valence-electron chi connectivity index (χ3n) is 2.87. The molecule has 0 fully saturated rings. The van der Waals surface area contributed by atoms with Crippen LogP contribution in [0.5, 0.6) is 0 Å². The van der Waals surface area contributed by atoms with Crippen LogP contribution in [0.4, 0.5) is 8.78 Å². The minimum Gasteiger partial charge on any atom is -0.376 e. The standard InChI is InChI=1S/C12H9ClF2N2O/c13-12-8-6-18-4-3-10(8)16-17(12)11-2-1-7(14)5-9(11)15/h1-2,5H,3-4,6H2. The molecular formula is C12H9ClF2N2O. The zero-order valence-electron chi connectivity index (χ0n) is 9.29. The van der Waals surface area contributed by atoms with Crippen molar-refractivity contribution < 1.29 is 13.5 Å². The summed E-state index contributed by atoms with van der Waals surface area (Å²) in [6, 6.07) is 3.30. The van der Waals surface area contributed by atoms with E-state index in [1.807, 2.05) is 0 Å². The van der Waals surface area contributed by atoms with Gasteiger partial charge in [0.25, 0.3) is 0 Å². The van der Waals surface area contributed by atoms with Crippen LogP contribution in [0.1, 0.15) is 11.3 Å². The van der Waals surface area contributed by atoms with Gasteiger partial charge in [0, 0.05) is 18.1 Å². The van der Waals surface area contributed by atoms with Gasteiger partial charge in [0.1, 0.15) is 16.7 Å². The summed E-state index contributed by atoms with van der Waals surface area (Å²) in [6.07, 6.45) is 0.644. The highest BCUT2D eigenvalue weighted by molar-refractivity contribution is 6.30. The summed E-state index contributed by atoms with van der Waals surface area (Å²) in [5.74, 6) is -1.33. The van der Waals surface area contributed by atoms with E-state index in [1.54, 1.807) is 0 Å². The van der Waals surface area contributed by atoms with Crippen LogP contribution in [0.2, 0.25) is 5.15 Å². The summed E-state index contributed by atoms with van der Waals surface area (Å²) in [5, 5.41) is 4.57. The molecule has 94 valence electrons. The Morgan fingerprint density at radius 1 is 1.33 bits per heavy atom. The molecule has 6 heteroatoms. The van der Waals surface area contributed by atoms with Crippen LogP contribution < -0.4 is 0 Å². The highest BCUT2D eigenvalue weighted by Crippen LogP contribution is 2.28. The van der Waals surface area contributed by atoms with E-state index >= 15 is 0 Å². The Morgan fingerprint density at radius 3 is 2.89 bits per heavy atom. The highest BCUT2D eigenvalue weighted by Gasteiger charge is 2.21. The third-order valence-corrected chi connectivity index (χ3v) is 3.26. The molecule has 0 aliphatic carbocycles. The zero-order valence-corrected chi connectivity index (χ0v) is 10.0. The predicted molar refractivity (Wildman–Crippen MR) is 61.9 cm³/mol. The fraction of sp³-hybridized carbons (Fsp3) is 0.250. The molecule has 0 N–H and O–H groups in total. The lowest BCUT2D eigenvalue weighted by molar-refractivity contribution is 0.110. The average Bonchev–Trinajstić information content (AvgIpc) is 2.68. The van der Waals surface area contributed by atoms with Crippen molar-refractivity contribution in [2.45, 2.75) is 13.0 Å². The van der Waals surface area contributed by atoms with Gasteiger partial charge in [-0.2, -0.15) is 5.10 Å². The first-order valence-electron chi connectivity index (χ1n) is 5.46. The second-order valence-corrected chi connectivity index (χ2v) is 4.38. The van der Waals surface area contributed by atoms with Gasteiger partial charge in [-0.25, -0.2) is 13.5 Å². The zero-order chi connectivity index (χ0) is 12.7. The lowest BCUT2D eigenvalue weighted by Crippen LogP contribution is -2.08. The number of benzene rings is 1. The van der Waals surface area contributed by atoms with Crippen LogP contribution >= 0.6 is 11.6 Å². The second kappa shape index (κ2) is 4.33. The smallest absolute Gasteiger partial charge is 0.151 e. The van der Waals surface area contributed by atoms with Crippen molar-refractivity contribution in [1.29, 1.82) is 0 Å². The van der Waals surface area contributed by atoms with Crippen molar-refractivity contribution in [3.8, 4) is 5.69 Å². The lowest BCUT2D eigenvalue weighted by Gasteiger charge is -2.09. The molecule has 1 aromatic heterocycles. The first-order valence-corrected chi connectivity index (χ1v) is 5.84. The molecule has 0 amide bonds. The molecule has 1 aliphatic rings. The number of hydrogen-bond donors (Lipinski definition) is 0. The van der Waals surface area contributed by atoms with Crippen molar-refractivity contribution in [1.82, 2.24) is 9.78 Å². The molecule has 0 spiro atoms. The molecular weight excluding hydrogens is 262 g/mol. The van der Waals surface area contributed by atoms with Crippen LogP contribution in [0.25, 0.3) is 5.69 Å². The largest absolute Gasteiger partial charge is 0.376 e. The van der Waals surface area contributed by atoms with Gasteiger partial charge in [0.2, 0.25) is 0 Å². The minimum atomic E-state index is -0.697. The van der Waals surface area contributed by atoms with E-state index in [0.717, 1.165) is 17.3 Å². The van der Waals surface area contributed by atoms with Crippen molar-refractivity contribution in [2.24, 2.45) is 0 Å². The predicted octanol–water partition coefficient (Wildman–Crippen LogP) is 2.88. The van der Waals surface area contributed by atoms with Gasteiger partial charge < -0.3 is 4.74 Å². The maximum atomic E-state index is 13.7. The number of nitrogens with zero attached hydrogens (tertiary/aromatic N) is 2. The van der Waals surface area contributed by atoms with Gasteiger partial charge in [0.15, 0.2) is 5.82 Å². The molecule has 0 bridgehead atoms. The van der Waals surface area contributed by atoms with Crippen LogP contribution in [0.3, 0.4) is 0 Å². The third kappa shape index (κ3) is 1.79. The number of hydrogen-bond acceptors (Lipinski definition) is 2. The molecule has 2 heterocycles. The molecule has 0 saturated carbocycles. The monoisotopic (exact) mass is 270 g/mol. The maximum absolute atomic E-state index is 13.7. The summed E-state index contributed by atoms with van der Waals surface area (Å²) in [7, 11) is 0. The Labute approximate surface area is 107 Å². The first kappa shape index (κ1) is 11.6. The molecule has 1 aromatic carbocycles. The van der Waals surface area contributed by atoms with Gasteiger partial charge in [-0.1, -0.05) is 11.6 Å². The molecule has 1 aliphatic heterocycles. The number of ether oxygens (including phenoxy) is 1. The molecule has 0 saturated heterocycles. The second-order valence-electron chi connectivity index (χ2n) is 4.03. The molecule has 0 unspecified atom stereocenters. The maximum Gasteiger partial charge on any atom is 0.151 e. The van der Waals surface area contributed by atoms with Gasteiger partial charge in [-0.3, -0.25) is 0 Å². The summed E-state index contributed by atoms with van der Waals surface area (Å²) < 4.78 is 33.1. The van der Waals surface area contributed by atoms with Gasteiger partial charge in [0.05, 0.1) is 18.9 Å². The van der Waals surface area contributed by atoms with Crippen molar-refractivity contribution in [3.05, 3.63) is 46.2 Å². The van der Waals surface area contributed by atoms with E-state index in [1.165, 1.54) is 16.8 Å². The summed E-state index contributed by atoms with van der Waals surface area (Å²) in [4.78, 5) is 0. The van der Waals surface area contributed by atoms with Crippen LogP contribution in [0.15, 0.2) is 18.2 Å². The van der Waals surface area contributed by atoms with Crippen LogP contribution in [-0.4, -0.2) is 16.4 Å².